The molecule has 2 aromatic carbocycles. The minimum Gasteiger partial charge on any atom is -0.345 e. The van der Waals surface area contributed by atoms with Crippen molar-refractivity contribution in [2.24, 2.45) is 0 Å². The summed E-state index contributed by atoms with van der Waals surface area (Å²) in [6, 6.07) is 15.2. The Kier molecular flexibility index (Phi) is 5.03. The minimum absolute atomic E-state index is 0.278. The number of amides is 1. The molecule has 0 radical (unpaired) electrons. The van der Waals surface area contributed by atoms with Crippen molar-refractivity contribution >= 4 is 5.91 Å². The lowest BCUT2D eigenvalue weighted by atomic mass is 10.1. The third kappa shape index (κ3) is 3.86. The van der Waals surface area contributed by atoms with E-state index in [1.54, 1.807) is 56.3 Å². The van der Waals surface area contributed by atoms with Gasteiger partial charge in [-0.15, -0.1) is 0 Å². The van der Waals surface area contributed by atoms with Crippen LogP contribution in [0.3, 0.4) is 0 Å². The molecule has 0 aliphatic carbocycles. The summed E-state index contributed by atoms with van der Waals surface area (Å²) in [5.41, 5.74) is 0.101. The Labute approximate surface area is 154 Å². The number of rotatable bonds is 4. The molecule has 0 fully saturated rings. The highest BCUT2D eigenvalue weighted by atomic mass is 19.4. The van der Waals surface area contributed by atoms with Gasteiger partial charge in [-0.05, 0) is 31.0 Å². The van der Waals surface area contributed by atoms with Crippen molar-refractivity contribution in [3.63, 3.8) is 0 Å². The maximum atomic E-state index is 13.7. The van der Waals surface area contributed by atoms with Gasteiger partial charge in [-0.25, -0.2) is 4.68 Å². The van der Waals surface area contributed by atoms with Crippen molar-refractivity contribution in [1.82, 2.24) is 15.1 Å². The van der Waals surface area contributed by atoms with Crippen LogP contribution in [0.15, 0.2) is 60.8 Å². The van der Waals surface area contributed by atoms with Crippen molar-refractivity contribution in [1.29, 1.82) is 0 Å². The SMILES string of the molecule is Cc1ccccc1-n1ncc(C(=O)NC(C)c2ccccc2)c1C(F)(F)F. The largest absolute Gasteiger partial charge is 0.434 e. The highest BCUT2D eigenvalue weighted by Gasteiger charge is 2.41. The molecule has 1 aromatic heterocycles. The van der Waals surface area contributed by atoms with Crippen LogP contribution in [0.25, 0.3) is 5.69 Å². The molecule has 0 saturated carbocycles. The number of carbonyl (C=O) groups is 1. The Morgan fingerprint density at radius 2 is 1.70 bits per heavy atom. The number of para-hydroxylation sites is 1. The number of hydrogen-bond donors (Lipinski definition) is 1. The van der Waals surface area contributed by atoms with Gasteiger partial charge in [0.25, 0.3) is 5.91 Å². The first kappa shape index (κ1) is 18.7. The van der Waals surface area contributed by atoms with E-state index in [0.717, 1.165) is 16.4 Å². The molecule has 3 aromatic rings. The number of halogens is 3. The number of nitrogens with zero attached hydrogens (tertiary/aromatic N) is 2. The molecule has 0 spiro atoms. The van der Waals surface area contributed by atoms with Gasteiger partial charge in [0.15, 0.2) is 5.69 Å². The molecule has 1 heterocycles. The molecule has 1 atom stereocenters. The number of alkyl halides is 3. The summed E-state index contributed by atoms with van der Waals surface area (Å²) in [5, 5.41) is 6.46. The van der Waals surface area contributed by atoms with E-state index in [-0.39, 0.29) is 5.69 Å². The van der Waals surface area contributed by atoms with Crippen molar-refractivity contribution < 1.29 is 18.0 Å². The monoisotopic (exact) mass is 373 g/mol. The molecule has 3 rings (SSSR count). The van der Waals surface area contributed by atoms with Gasteiger partial charge < -0.3 is 5.32 Å². The Hall–Kier alpha value is -3.09. The van der Waals surface area contributed by atoms with Crippen molar-refractivity contribution in [2.45, 2.75) is 26.1 Å². The second kappa shape index (κ2) is 7.26. The van der Waals surface area contributed by atoms with Gasteiger partial charge in [-0.2, -0.15) is 18.3 Å². The molecular weight excluding hydrogens is 355 g/mol. The fraction of sp³-hybridized carbons (Fsp3) is 0.200. The number of benzene rings is 2. The van der Waals surface area contributed by atoms with Crippen LogP contribution in [0, 0.1) is 6.92 Å². The van der Waals surface area contributed by atoms with Gasteiger partial charge in [0, 0.05) is 0 Å². The molecule has 0 saturated heterocycles. The second-order valence-corrected chi connectivity index (χ2v) is 6.21. The third-order valence-electron chi connectivity index (χ3n) is 4.27. The molecule has 1 amide bonds. The Morgan fingerprint density at radius 3 is 2.33 bits per heavy atom. The first-order chi connectivity index (χ1) is 12.8. The fourth-order valence-corrected chi connectivity index (χ4v) is 2.87. The zero-order valence-electron chi connectivity index (χ0n) is 14.8. The van der Waals surface area contributed by atoms with E-state index in [4.69, 9.17) is 0 Å². The van der Waals surface area contributed by atoms with E-state index in [0.29, 0.717) is 5.56 Å². The number of aromatic nitrogens is 2. The van der Waals surface area contributed by atoms with Crippen molar-refractivity contribution in [2.75, 3.05) is 0 Å². The number of hydrogen-bond acceptors (Lipinski definition) is 2. The summed E-state index contributed by atoms with van der Waals surface area (Å²) < 4.78 is 42.0. The highest BCUT2D eigenvalue weighted by Crippen LogP contribution is 2.34. The third-order valence-corrected chi connectivity index (χ3v) is 4.27. The molecular formula is C20H18F3N3O. The summed E-state index contributed by atoms with van der Waals surface area (Å²) in [5.74, 6) is -0.821. The molecule has 1 N–H and O–H groups in total. The van der Waals surface area contributed by atoms with E-state index < -0.39 is 29.4 Å². The molecule has 7 heteroatoms. The first-order valence-corrected chi connectivity index (χ1v) is 8.36. The van der Waals surface area contributed by atoms with E-state index in [1.807, 2.05) is 6.07 Å². The van der Waals surface area contributed by atoms with E-state index >= 15 is 0 Å². The summed E-state index contributed by atoms with van der Waals surface area (Å²) >= 11 is 0. The highest BCUT2D eigenvalue weighted by molar-refractivity contribution is 5.95. The number of nitrogens with one attached hydrogen (secondary N) is 1. The number of aryl methyl sites for hydroxylation is 1. The van der Waals surface area contributed by atoms with Crippen LogP contribution >= 0.6 is 0 Å². The van der Waals surface area contributed by atoms with Crippen LogP contribution in [0.5, 0.6) is 0 Å². The predicted octanol–water partition coefficient (Wildman–Crippen LogP) is 4.69. The predicted molar refractivity (Wildman–Crippen MR) is 95.6 cm³/mol. The average Bonchev–Trinajstić information content (AvgIpc) is 3.08. The summed E-state index contributed by atoms with van der Waals surface area (Å²) in [7, 11) is 0. The van der Waals surface area contributed by atoms with Gasteiger partial charge in [0.1, 0.15) is 0 Å². The standard InChI is InChI=1S/C20H18F3N3O/c1-13-8-6-7-11-17(13)26-18(20(21,22)23)16(12-24-26)19(27)25-14(2)15-9-4-3-5-10-15/h3-12,14H,1-2H3,(H,25,27). The Balaban J connectivity index is 1.99. The second-order valence-electron chi connectivity index (χ2n) is 6.21. The van der Waals surface area contributed by atoms with E-state index in [9.17, 15) is 18.0 Å². The lowest BCUT2D eigenvalue weighted by molar-refractivity contribution is -0.143. The smallest absolute Gasteiger partial charge is 0.345 e. The quantitative estimate of drug-likeness (QED) is 0.721. The van der Waals surface area contributed by atoms with Crippen LogP contribution in [-0.2, 0) is 6.18 Å². The first-order valence-electron chi connectivity index (χ1n) is 8.36. The van der Waals surface area contributed by atoms with E-state index in [1.165, 1.54) is 6.07 Å². The maximum Gasteiger partial charge on any atom is 0.434 e. The molecule has 140 valence electrons. The van der Waals surface area contributed by atoms with Crippen LogP contribution in [0.4, 0.5) is 13.2 Å². The van der Waals surface area contributed by atoms with E-state index in [2.05, 4.69) is 10.4 Å². The van der Waals surface area contributed by atoms with Gasteiger partial charge in [0.2, 0.25) is 0 Å². The van der Waals surface area contributed by atoms with Gasteiger partial charge in [-0.1, -0.05) is 48.5 Å². The zero-order valence-corrected chi connectivity index (χ0v) is 14.8. The fourth-order valence-electron chi connectivity index (χ4n) is 2.87. The van der Waals surface area contributed by atoms with Crippen LogP contribution < -0.4 is 5.32 Å². The van der Waals surface area contributed by atoms with Gasteiger partial charge >= 0.3 is 6.18 Å². The Bertz CT molecular complexity index is 949. The summed E-state index contributed by atoms with van der Waals surface area (Å²) in [4.78, 5) is 12.6. The maximum absolute atomic E-state index is 13.7. The lowest BCUT2D eigenvalue weighted by Gasteiger charge is -2.16. The molecule has 27 heavy (non-hydrogen) atoms. The van der Waals surface area contributed by atoms with Gasteiger partial charge in [-0.3, -0.25) is 4.79 Å². The zero-order chi connectivity index (χ0) is 19.6. The lowest BCUT2D eigenvalue weighted by Crippen LogP contribution is -2.29. The van der Waals surface area contributed by atoms with Gasteiger partial charge in [0.05, 0.1) is 23.5 Å². The normalized spacial score (nSPS) is 12.6. The molecule has 0 aliphatic rings. The summed E-state index contributed by atoms with van der Waals surface area (Å²) in [6.07, 6.45) is -3.77. The molecule has 0 bridgehead atoms. The molecule has 4 nitrogen and oxygen atoms in total. The summed E-state index contributed by atoms with van der Waals surface area (Å²) in [6.45, 7) is 3.40. The molecule has 1 unspecified atom stereocenters. The van der Waals surface area contributed by atoms with Crippen molar-refractivity contribution in [3.8, 4) is 5.69 Å². The van der Waals surface area contributed by atoms with Crippen LogP contribution in [0.2, 0.25) is 0 Å². The topological polar surface area (TPSA) is 46.9 Å². The Morgan fingerprint density at radius 1 is 1.07 bits per heavy atom. The number of carbonyl (C=O) groups excluding carboxylic acids is 1. The van der Waals surface area contributed by atoms with Crippen molar-refractivity contribution in [3.05, 3.63) is 83.2 Å². The minimum atomic E-state index is -4.73. The molecule has 0 aliphatic heterocycles. The van der Waals surface area contributed by atoms with Crippen LogP contribution in [0.1, 0.15) is 40.1 Å². The average molecular weight is 373 g/mol. The van der Waals surface area contributed by atoms with Crippen LogP contribution in [-0.4, -0.2) is 15.7 Å².